The van der Waals surface area contributed by atoms with Crippen LogP contribution in [0.4, 0.5) is 0 Å². The largest absolute Gasteiger partial charge is 0.480 e. The molecular weight excluding hydrogens is 270 g/mol. The predicted octanol–water partition coefficient (Wildman–Crippen LogP) is 1.06. The van der Waals surface area contributed by atoms with Gasteiger partial charge in [0.1, 0.15) is 6.04 Å². The average molecular weight is 285 g/mol. The molecule has 1 amide bonds. The number of esters is 1. The Morgan fingerprint density at radius 1 is 1.42 bits per heavy atom. The summed E-state index contributed by atoms with van der Waals surface area (Å²) in [6.45, 7) is 1.96. The molecule has 1 heterocycles. The van der Waals surface area contributed by atoms with Crippen molar-refractivity contribution in [3.8, 4) is 0 Å². The first kappa shape index (κ1) is 15.2. The van der Waals surface area contributed by atoms with Gasteiger partial charge in [-0.3, -0.25) is 9.59 Å². The van der Waals surface area contributed by atoms with Crippen molar-refractivity contribution in [2.45, 2.75) is 25.8 Å². The van der Waals surface area contributed by atoms with Crippen LogP contribution in [0.5, 0.6) is 0 Å². The Labute approximate surface area is 114 Å². The summed E-state index contributed by atoms with van der Waals surface area (Å²) in [5.41, 5.74) is 0. The third-order valence-electron chi connectivity index (χ3n) is 2.44. The van der Waals surface area contributed by atoms with E-state index in [9.17, 15) is 14.4 Å². The van der Waals surface area contributed by atoms with Gasteiger partial charge in [-0.1, -0.05) is 6.92 Å². The molecule has 19 heavy (non-hydrogen) atoms. The molecule has 2 N–H and O–H groups in total. The second kappa shape index (κ2) is 6.89. The van der Waals surface area contributed by atoms with Crippen molar-refractivity contribution in [1.29, 1.82) is 0 Å². The van der Waals surface area contributed by atoms with Gasteiger partial charge < -0.3 is 15.2 Å². The van der Waals surface area contributed by atoms with Gasteiger partial charge in [-0.15, -0.1) is 11.3 Å². The van der Waals surface area contributed by atoms with Gasteiger partial charge in [0.15, 0.2) is 0 Å². The summed E-state index contributed by atoms with van der Waals surface area (Å²) in [5, 5.41) is 11.3. The number of carbonyl (C=O) groups excluding carboxylic acids is 2. The maximum absolute atomic E-state index is 11.8. The van der Waals surface area contributed by atoms with Crippen LogP contribution in [0.25, 0.3) is 0 Å². The third kappa shape index (κ3) is 4.36. The molecule has 0 saturated heterocycles. The summed E-state index contributed by atoms with van der Waals surface area (Å²) in [6, 6.07) is 2.16. The average Bonchev–Trinajstić information content (AvgIpc) is 2.86. The van der Waals surface area contributed by atoms with Gasteiger partial charge in [-0.25, -0.2) is 4.79 Å². The first-order chi connectivity index (χ1) is 8.97. The number of ether oxygens (including phenoxy) is 1. The van der Waals surface area contributed by atoms with Crippen LogP contribution in [0, 0.1) is 0 Å². The van der Waals surface area contributed by atoms with Crippen molar-refractivity contribution in [2.75, 3.05) is 7.11 Å². The van der Waals surface area contributed by atoms with E-state index in [1.54, 1.807) is 6.07 Å². The summed E-state index contributed by atoms with van der Waals surface area (Å²) in [4.78, 5) is 35.3. The molecule has 104 valence electrons. The van der Waals surface area contributed by atoms with E-state index in [0.717, 1.165) is 18.4 Å². The van der Waals surface area contributed by atoms with E-state index >= 15 is 0 Å². The summed E-state index contributed by atoms with van der Waals surface area (Å²) in [7, 11) is 1.16. The van der Waals surface area contributed by atoms with Crippen molar-refractivity contribution >= 4 is 29.2 Å². The number of nitrogens with one attached hydrogen (secondary N) is 1. The summed E-state index contributed by atoms with van der Waals surface area (Å²) in [6.07, 6.45) is 0.409. The van der Waals surface area contributed by atoms with Crippen LogP contribution in [-0.4, -0.2) is 36.1 Å². The van der Waals surface area contributed by atoms with Crippen LogP contribution in [0.15, 0.2) is 12.1 Å². The molecule has 0 aliphatic rings. The number of rotatable bonds is 6. The Morgan fingerprint density at radius 3 is 2.58 bits per heavy atom. The number of hydrogen-bond donors (Lipinski definition) is 2. The fourth-order valence-corrected chi connectivity index (χ4v) is 2.22. The Kier molecular flexibility index (Phi) is 5.50. The van der Waals surface area contributed by atoms with Gasteiger partial charge >= 0.3 is 11.9 Å². The number of methoxy groups -OCH3 is 1. The number of aryl methyl sites for hydroxylation is 1. The van der Waals surface area contributed by atoms with E-state index in [1.807, 2.05) is 13.0 Å². The van der Waals surface area contributed by atoms with Crippen LogP contribution in [0.2, 0.25) is 0 Å². The van der Waals surface area contributed by atoms with E-state index in [4.69, 9.17) is 5.11 Å². The Bertz CT molecular complexity index is 482. The van der Waals surface area contributed by atoms with Gasteiger partial charge in [0.05, 0.1) is 18.4 Å². The second-order valence-electron chi connectivity index (χ2n) is 3.76. The van der Waals surface area contributed by atoms with Crippen molar-refractivity contribution in [3.05, 3.63) is 21.9 Å². The highest BCUT2D eigenvalue weighted by Crippen LogP contribution is 2.17. The molecule has 0 aliphatic carbocycles. The number of hydrogen-bond acceptors (Lipinski definition) is 5. The van der Waals surface area contributed by atoms with Gasteiger partial charge in [0, 0.05) is 4.88 Å². The number of carbonyl (C=O) groups is 3. The Balaban J connectivity index is 2.70. The van der Waals surface area contributed by atoms with E-state index < -0.39 is 30.3 Å². The lowest BCUT2D eigenvalue weighted by molar-refractivity contribution is -0.147. The number of amides is 1. The SMILES string of the molecule is CCc1ccc(C(=O)N[C@@H](CC(=O)OC)C(=O)O)s1. The smallest absolute Gasteiger partial charge is 0.326 e. The minimum absolute atomic E-state index is 0.399. The molecular formula is C12H15NO5S. The zero-order valence-electron chi connectivity index (χ0n) is 10.6. The molecule has 0 radical (unpaired) electrons. The standard InChI is InChI=1S/C12H15NO5S/c1-3-7-4-5-9(19-7)11(15)13-8(12(16)17)6-10(14)18-2/h4-5,8H,3,6H2,1-2H3,(H,13,15)(H,16,17)/t8-/m0/s1. The molecule has 7 heteroatoms. The van der Waals surface area contributed by atoms with Crippen molar-refractivity contribution in [1.82, 2.24) is 5.32 Å². The molecule has 6 nitrogen and oxygen atoms in total. The van der Waals surface area contributed by atoms with Crippen molar-refractivity contribution < 1.29 is 24.2 Å². The molecule has 0 aliphatic heterocycles. The normalized spacial score (nSPS) is 11.7. The van der Waals surface area contributed by atoms with Gasteiger partial charge in [-0.2, -0.15) is 0 Å². The fraction of sp³-hybridized carbons (Fsp3) is 0.417. The van der Waals surface area contributed by atoms with Crippen molar-refractivity contribution in [3.63, 3.8) is 0 Å². The fourth-order valence-electron chi connectivity index (χ4n) is 1.37. The van der Waals surface area contributed by atoms with E-state index in [0.29, 0.717) is 4.88 Å². The topological polar surface area (TPSA) is 92.7 Å². The molecule has 0 fully saturated rings. The maximum atomic E-state index is 11.8. The third-order valence-corrected chi connectivity index (χ3v) is 3.66. The highest BCUT2D eigenvalue weighted by Gasteiger charge is 2.24. The number of carboxylic acid groups (broad SMARTS) is 1. The van der Waals surface area contributed by atoms with Gasteiger partial charge in [-0.05, 0) is 18.6 Å². The first-order valence-electron chi connectivity index (χ1n) is 5.67. The van der Waals surface area contributed by atoms with Crippen LogP contribution in [-0.2, 0) is 20.7 Å². The molecule has 1 rings (SSSR count). The second-order valence-corrected chi connectivity index (χ2v) is 4.93. The molecule has 0 aromatic carbocycles. The predicted molar refractivity (Wildman–Crippen MR) is 69.2 cm³/mol. The minimum atomic E-state index is -1.29. The number of thiophene rings is 1. The summed E-state index contributed by atoms with van der Waals surface area (Å²) < 4.78 is 4.39. The van der Waals surface area contributed by atoms with Crippen LogP contribution >= 0.6 is 11.3 Å². The number of carboxylic acids is 1. The minimum Gasteiger partial charge on any atom is -0.480 e. The molecule has 1 aromatic rings. The summed E-state index contributed by atoms with van der Waals surface area (Å²) >= 11 is 1.30. The van der Waals surface area contributed by atoms with Crippen LogP contribution < -0.4 is 5.32 Å². The zero-order chi connectivity index (χ0) is 14.4. The van der Waals surface area contributed by atoms with E-state index in [2.05, 4.69) is 10.1 Å². The highest BCUT2D eigenvalue weighted by atomic mass is 32.1. The summed E-state index contributed by atoms with van der Waals surface area (Å²) in [5.74, 6) is -2.46. The molecule has 0 bridgehead atoms. The Morgan fingerprint density at radius 2 is 2.11 bits per heavy atom. The van der Waals surface area contributed by atoms with Crippen molar-refractivity contribution in [2.24, 2.45) is 0 Å². The first-order valence-corrected chi connectivity index (χ1v) is 6.48. The number of aliphatic carboxylic acids is 1. The van der Waals surface area contributed by atoms with E-state index in [-0.39, 0.29) is 0 Å². The molecule has 1 atom stereocenters. The monoisotopic (exact) mass is 285 g/mol. The highest BCUT2D eigenvalue weighted by molar-refractivity contribution is 7.14. The van der Waals surface area contributed by atoms with E-state index in [1.165, 1.54) is 11.3 Å². The molecule has 0 saturated carbocycles. The van der Waals surface area contributed by atoms with Gasteiger partial charge in [0.25, 0.3) is 5.91 Å². The van der Waals surface area contributed by atoms with Crippen LogP contribution in [0.1, 0.15) is 27.9 Å². The van der Waals surface area contributed by atoms with Gasteiger partial charge in [0.2, 0.25) is 0 Å². The Hall–Kier alpha value is -1.89. The zero-order valence-corrected chi connectivity index (χ0v) is 11.5. The lowest BCUT2D eigenvalue weighted by atomic mass is 10.2. The maximum Gasteiger partial charge on any atom is 0.326 e. The molecule has 0 spiro atoms. The lowest BCUT2D eigenvalue weighted by Gasteiger charge is -2.12. The van der Waals surface area contributed by atoms with Crippen LogP contribution in [0.3, 0.4) is 0 Å². The lowest BCUT2D eigenvalue weighted by Crippen LogP contribution is -2.42. The molecule has 0 unspecified atom stereocenters. The quantitative estimate of drug-likeness (QED) is 0.762. The molecule has 1 aromatic heterocycles.